The lowest BCUT2D eigenvalue weighted by molar-refractivity contribution is -0.122. The van der Waals surface area contributed by atoms with Crippen LogP contribution >= 0.6 is 11.8 Å². The maximum atomic E-state index is 12.4. The third-order valence-electron chi connectivity index (χ3n) is 4.57. The van der Waals surface area contributed by atoms with Crippen molar-refractivity contribution in [3.8, 4) is 0 Å². The van der Waals surface area contributed by atoms with Crippen LogP contribution in [-0.4, -0.2) is 34.9 Å². The van der Waals surface area contributed by atoms with Crippen LogP contribution in [-0.2, 0) is 10.2 Å². The van der Waals surface area contributed by atoms with E-state index >= 15 is 0 Å². The summed E-state index contributed by atoms with van der Waals surface area (Å²) in [6, 6.07) is 8.52. The summed E-state index contributed by atoms with van der Waals surface area (Å²) in [5.74, 6) is 1.13. The summed E-state index contributed by atoms with van der Waals surface area (Å²) in [4.78, 5) is 25.7. The number of hydrogen-bond acceptors (Lipinski definition) is 3. The van der Waals surface area contributed by atoms with E-state index in [1.165, 1.54) is 17.3 Å². The molecule has 1 aliphatic heterocycles. The van der Waals surface area contributed by atoms with Crippen molar-refractivity contribution in [2.24, 2.45) is 5.92 Å². The van der Waals surface area contributed by atoms with Crippen LogP contribution in [0.25, 0.3) is 0 Å². The number of carbonyl (C=O) groups excluding carboxylic acids is 2. The zero-order valence-corrected chi connectivity index (χ0v) is 16.8. The quantitative estimate of drug-likeness (QED) is 0.818. The van der Waals surface area contributed by atoms with Crippen molar-refractivity contribution in [1.29, 1.82) is 0 Å². The molecule has 138 valence electrons. The average molecular weight is 363 g/mol. The van der Waals surface area contributed by atoms with Gasteiger partial charge in [-0.05, 0) is 22.5 Å². The molecule has 1 saturated heterocycles. The van der Waals surface area contributed by atoms with Crippen molar-refractivity contribution in [2.45, 2.75) is 52.5 Å². The first-order valence-corrected chi connectivity index (χ1v) is 9.98. The summed E-state index contributed by atoms with van der Waals surface area (Å²) in [5.41, 5.74) is 2.54. The van der Waals surface area contributed by atoms with Crippen molar-refractivity contribution in [3.05, 3.63) is 35.4 Å². The summed E-state index contributed by atoms with van der Waals surface area (Å²) in [5, 5.41) is 3.23. The number of rotatable bonds is 6. The molecule has 1 N–H and O–H groups in total. The fourth-order valence-electron chi connectivity index (χ4n) is 2.94. The van der Waals surface area contributed by atoms with E-state index in [0.29, 0.717) is 18.9 Å². The van der Waals surface area contributed by atoms with Crippen molar-refractivity contribution in [1.82, 2.24) is 10.2 Å². The van der Waals surface area contributed by atoms with Gasteiger partial charge in [0.25, 0.3) is 5.24 Å². The Morgan fingerprint density at radius 2 is 1.88 bits per heavy atom. The highest BCUT2D eigenvalue weighted by molar-refractivity contribution is 8.13. The van der Waals surface area contributed by atoms with Gasteiger partial charge in [0.1, 0.15) is 0 Å². The van der Waals surface area contributed by atoms with Crippen LogP contribution in [0, 0.1) is 5.92 Å². The fourth-order valence-corrected chi connectivity index (χ4v) is 3.79. The highest BCUT2D eigenvalue weighted by Crippen LogP contribution is 2.27. The van der Waals surface area contributed by atoms with E-state index in [-0.39, 0.29) is 22.6 Å². The third-order valence-corrected chi connectivity index (χ3v) is 5.46. The number of hydrogen-bond donors (Lipinski definition) is 1. The predicted molar refractivity (Wildman–Crippen MR) is 105 cm³/mol. The molecule has 0 saturated carbocycles. The second kappa shape index (κ2) is 8.26. The lowest BCUT2D eigenvalue weighted by Gasteiger charge is -2.25. The fraction of sp³-hybridized carbons (Fsp3) is 0.600. The van der Waals surface area contributed by atoms with Gasteiger partial charge in [-0.2, -0.15) is 0 Å². The van der Waals surface area contributed by atoms with Crippen molar-refractivity contribution in [3.63, 3.8) is 0 Å². The zero-order valence-electron chi connectivity index (χ0n) is 16.0. The Morgan fingerprint density at radius 1 is 1.24 bits per heavy atom. The van der Waals surface area contributed by atoms with Crippen LogP contribution in [0.3, 0.4) is 0 Å². The smallest absolute Gasteiger partial charge is 0.281 e. The van der Waals surface area contributed by atoms with Gasteiger partial charge in [0.05, 0.1) is 6.04 Å². The molecule has 1 aliphatic rings. The van der Waals surface area contributed by atoms with Crippen LogP contribution in [0.2, 0.25) is 0 Å². The Bertz CT molecular complexity index is 605. The number of carbonyl (C=O) groups is 2. The Labute approximate surface area is 155 Å². The van der Waals surface area contributed by atoms with Crippen LogP contribution in [0.5, 0.6) is 0 Å². The molecule has 0 radical (unpaired) electrons. The molecule has 1 fully saturated rings. The number of amides is 2. The van der Waals surface area contributed by atoms with Gasteiger partial charge in [-0.25, -0.2) is 0 Å². The molecule has 0 aromatic heterocycles. The van der Waals surface area contributed by atoms with Crippen LogP contribution in [0.15, 0.2) is 24.3 Å². The normalized spacial score (nSPS) is 16.4. The maximum absolute atomic E-state index is 12.4. The lowest BCUT2D eigenvalue weighted by Crippen LogP contribution is -2.35. The molecule has 1 atom stereocenters. The van der Waals surface area contributed by atoms with E-state index in [2.05, 4.69) is 64.2 Å². The molecule has 0 bridgehead atoms. The molecule has 5 heteroatoms. The number of benzene rings is 1. The minimum atomic E-state index is -0.00910. The lowest BCUT2D eigenvalue weighted by atomic mass is 9.85. The number of thioether (sulfide) groups is 1. The number of nitrogens with one attached hydrogen (secondary N) is 1. The molecule has 25 heavy (non-hydrogen) atoms. The second-order valence-corrected chi connectivity index (χ2v) is 9.06. The molecule has 2 amide bonds. The largest absolute Gasteiger partial charge is 0.349 e. The summed E-state index contributed by atoms with van der Waals surface area (Å²) >= 11 is 1.33. The first-order valence-electron chi connectivity index (χ1n) is 9.00. The summed E-state index contributed by atoms with van der Waals surface area (Å²) in [6.07, 6.45) is 0.357. The number of nitrogens with zero attached hydrogens (tertiary/aromatic N) is 1. The van der Waals surface area contributed by atoms with Crippen molar-refractivity contribution >= 4 is 22.9 Å². The van der Waals surface area contributed by atoms with Crippen LogP contribution in [0.4, 0.5) is 4.79 Å². The van der Waals surface area contributed by atoms with E-state index in [1.54, 1.807) is 4.90 Å². The molecule has 4 nitrogen and oxygen atoms in total. The summed E-state index contributed by atoms with van der Waals surface area (Å²) in [7, 11) is 0. The summed E-state index contributed by atoms with van der Waals surface area (Å²) in [6.45, 7) is 12.1. The molecule has 0 spiro atoms. The maximum Gasteiger partial charge on any atom is 0.281 e. The standard InChI is InChI=1S/C20H30N2O2S/c1-14(2)18(15-6-8-16(9-7-15)20(3,4)5)21-17(23)10-11-22-12-13-25-19(22)24/h6-9,14,18H,10-13H2,1-5H3,(H,21,23). The molecule has 2 rings (SSSR count). The highest BCUT2D eigenvalue weighted by Gasteiger charge is 2.23. The molecule has 1 heterocycles. The minimum absolute atomic E-state index is 0.00305. The van der Waals surface area contributed by atoms with Gasteiger partial charge in [0.2, 0.25) is 5.91 Å². The highest BCUT2D eigenvalue weighted by atomic mass is 32.2. The van der Waals surface area contributed by atoms with Crippen molar-refractivity contribution < 1.29 is 9.59 Å². The second-order valence-electron chi connectivity index (χ2n) is 8.01. The summed E-state index contributed by atoms with van der Waals surface area (Å²) < 4.78 is 0. The third kappa shape index (κ3) is 5.50. The molecule has 1 unspecified atom stereocenters. The predicted octanol–water partition coefficient (Wildman–Crippen LogP) is 4.36. The van der Waals surface area contributed by atoms with E-state index in [1.807, 2.05) is 0 Å². The van der Waals surface area contributed by atoms with Gasteiger partial charge in [-0.1, -0.05) is 70.6 Å². The Kier molecular flexibility index (Phi) is 6.55. The zero-order chi connectivity index (χ0) is 18.6. The monoisotopic (exact) mass is 362 g/mol. The molecular formula is C20H30N2O2S. The van der Waals surface area contributed by atoms with Crippen molar-refractivity contribution in [2.75, 3.05) is 18.8 Å². The molecule has 1 aromatic rings. The van der Waals surface area contributed by atoms with Gasteiger partial charge in [-0.15, -0.1) is 0 Å². The SMILES string of the molecule is CC(C)C(NC(=O)CCN1CCSC1=O)c1ccc(C(C)(C)C)cc1. The molecule has 0 aliphatic carbocycles. The van der Waals surface area contributed by atoms with Gasteiger partial charge >= 0.3 is 0 Å². The van der Waals surface area contributed by atoms with E-state index in [9.17, 15) is 9.59 Å². The van der Waals surface area contributed by atoms with Gasteiger partial charge in [-0.3, -0.25) is 9.59 Å². The molecular weight excluding hydrogens is 332 g/mol. The van der Waals surface area contributed by atoms with E-state index in [0.717, 1.165) is 17.9 Å². The van der Waals surface area contributed by atoms with Crippen LogP contribution < -0.4 is 5.32 Å². The van der Waals surface area contributed by atoms with Gasteiger partial charge < -0.3 is 10.2 Å². The van der Waals surface area contributed by atoms with E-state index < -0.39 is 0 Å². The Morgan fingerprint density at radius 3 is 2.36 bits per heavy atom. The molecule has 1 aromatic carbocycles. The van der Waals surface area contributed by atoms with E-state index in [4.69, 9.17) is 0 Å². The van der Waals surface area contributed by atoms with Gasteiger partial charge in [0.15, 0.2) is 0 Å². The Balaban J connectivity index is 1.98. The topological polar surface area (TPSA) is 49.4 Å². The van der Waals surface area contributed by atoms with Gasteiger partial charge in [0, 0.05) is 25.3 Å². The Hall–Kier alpha value is -1.49. The minimum Gasteiger partial charge on any atom is -0.349 e. The average Bonchev–Trinajstić information content (AvgIpc) is 2.95. The first kappa shape index (κ1) is 19.8. The first-order chi connectivity index (χ1) is 11.7. The van der Waals surface area contributed by atoms with Crippen LogP contribution in [0.1, 0.15) is 58.2 Å².